The van der Waals surface area contributed by atoms with E-state index in [1.165, 1.54) is 0 Å². The molecular formula is C35H40N10O6. The van der Waals surface area contributed by atoms with Crippen LogP contribution in [-0.4, -0.2) is 111 Å². The summed E-state index contributed by atoms with van der Waals surface area (Å²) in [7, 11) is 1.81. The first-order chi connectivity index (χ1) is 24.6. The molecule has 0 spiro atoms. The average molecular weight is 697 g/mol. The van der Waals surface area contributed by atoms with Gasteiger partial charge in [-0.25, -0.2) is 14.8 Å². The van der Waals surface area contributed by atoms with E-state index in [2.05, 4.69) is 25.8 Å². The van der Waals surface area contributed by atoms with Gasteiger partial charge >= 0.3 is 6.03 Å². The van der Waals surface area contributed by atoms with Crippen molar-refractivity contribution >= 4 is 52.7 Å². The van der Waals surface area contributed by atoms with Gasteiger partial charge in [0.2, 0.25) is 11.8 Å². The Morgan fingerprint density at radius 2 is 1.86 bits per heavy atom. The Labute approximate surface area is 294 Å². The van der Waals surface area contributed by atoms with Gasteiger partial charge in [0.25, 0.3) is 11.8 Å². The number of aliphatic hydroxyl groups is 1. The molecule has 4 aliphatic heterocycles. The van der Waals surface area contributed by atoms with Crippen LogP contribution in [0.1, 0.15) is 63.9 Å². The standard InChI is InChI=1S/C35H40N10O6/c1-42-16-17-44(35(42)51)22-4-3-15-43(19-22)26-18-38-29(30(36)47)31(40-26)39-21-9-7-20(8-10-21)13-14-37-24-6-2-5-23-28(24)34(50)45(33(23)49)25-11-12-27(46)41-32(25)48/h2,5-10,18,22,25,34,37,50H,3-4,11-17,19H2,1H3,(H2,36,47)(H,39,40)(H,41,46,48)/t22-,25?,34?/m1/s1. The Balaban J connectivity index is 0.989. The Bertz CT molecular complexity index is 1890. The highest BCUT2D eigenvalue weighted by atomic mass is 16.3. The summed E-state index contributed by atoms with van der Waals surface area (Å²) >= 11 is 0. The predicted molar refractivity (Wildman–Crippen MR) is 186 cm³/mol. The zero-order chi connectivity index (χ0) is 35.8. The van der Waals surface area contributed by atoms with Gasteiger partial charge < -0.3 is 36.2 Å². The molecule has 0 aliphatic carbocycles. The summed E-state index contributed by atoms with van der Waals surface area (Å²) in [6, 6.07) is 11.9. The Hall–Kier alpha value is -5.77. The zero-order valence-corrected chi connectivity index (χ0v) is 28.2. The lowest BCUT2D eigenvalue weighted by Gasteiger charge is -2.37. The van der Waals surface area contributed by atoms with Crippen molar-refractivity contribution in [2.24, 2.45) is 5.73 Å². The van der Waals surface area contributed by atoms with Crippen molar-refractivity contribution in [2.75, 3.05) is 55.3 Å². The molecule has 4 aliphatic rings. The molecule has 6 amide bonds. The number of benzene rings is 2. The van der Waals surface area contributed by atoms with E-state index in [1.807, 2.05) is 36.2 Å². The molecule has 3 aromatic rings. The largest absolute Gasteiger partial charge is 0.384 e. The fraction of sp³-hybridized carbons (Fsp3) is 0.400. The summed E-state index contributed by atoms with van der Waals surface area (Å²) in [5.74, 6) is -1.32. The lowest BCUT2D eigenvalue weighted by molar-refractivity contribution is -0.139. The summed E-state index contributed by atoms with van der Waals surface area (Å²) in [5.41, 5.74) is 8.63. The van der Waals surface area contributed by atoms with Crippen molar-refractivity contribution in [1.82, 2.24) is 30.0 Å². The van der Waals surface area contributed by atoms with Crippen molar-refractivity contribution in [2.45, 2.75) is 50.4 Å². The number of aliphatic hydroxyl groups excluding tert-OH is 1. The van der Waals surface area contributed by atoms with Crippen LogP contribution >= 0.6 is 0 Å². The van der Waals surface area contributed by atoms with Gasteiger partial charge in [0, 0.05) is 68.7 Å². The molecule has 0 bridgehead atoms. The number of hydrogen-bond donors (Lipinski definition) is 5. The summed E-state index contributed by atoms with van der Waals surface area (Å²) in [4.78, 5) is 78.1. The number of carbonyl (C=O) groups is 5. The third-order valence-electron chi connectivity index (χ3n) is 9.99. The van der Waals surface area contributed by atoms with Gasteiger partial charge in [-0.1, -0.05) is 18.2 Å². The van der Waals surface area contributed by atoms with Gasteiger partial charge in [0.05, 0.1) is 12.2 Å². The van der Waals surface area contributed by atoms with Crippen molar-refractivity contribution in [1.29, 1.82) is 0 Å². The van der Waals surface area contributed by atoms with Crippen molar-refractivity contribution in [3.05, 3.63) is 71.0 Å². The number of amides is 6. The van der Waals surface area contributed by atoms with Gasteiger partial charge in [-0.2, -0.15) is 0 Å². The molecule has 51 heavy (non-hydrogen) atoms. The number of nitrogens with zero attached hydrogens (tertiary/aromatic N) is 6. The molecular weight excluding hydrogens is 656 g/mol. The van der Waals surface area contributed by atoms with Crippen LogP contribution in [0.2, 0.25) is 0 Å². The monoisotopic (exact) mass is 696 g/mol. The average Bonchev–Trinajstić information content (AvgIpc) is 3.59. The summed E-state index contributed by atoms with van der Waals surface area (Å²) in [6.07, 6.45) is 2.87. The predicted octanol–water partition coefficient (Wildman–Crippen LogP) is 1.56. The number of likely N-dealkylation sites (N-methyl/N-ethyl adjacent to an activating group) is 1. The van der Waals surface area contributed by atoms with E-state index in [-0.39, 0.29) is 36.4 Å². The first-order valence-corrected chi connectivity index (χ1v) is 17.1. The van der Waals surface area contributed by atoms with Crippen molar-refractivity contribution in [3.63, 3.8) is 0 Å². The van der Waals surface area contributed by atoms with Crippen LogP contribution in [0.5, 0.6) is 0 Å². The van der Waals surface area contributed by atoms with Crippen LogP contribution in [0.25, 0.3) is 0 Å². The van der Waals surface area contributed by atoms with Crippen LogP contribution < -0.4 is 26.6 Å². The van der Waals surface area contributed by atoms with Crippen LogP contribution in [-0.2, 0) is 16.0 Å². The molecule has 0 radical (unpaired) electrons. The SMILES string of the molecule is CN1CCN([C@@H]2CCCN(c3cnc(C(N)=O)c(Nc4ccc(CCNc5cccc6c5C(O)N(C5CCC(=O)NC5=O)C6=O)cc4)n3)C2)C1=O. The molecule has 5 heterocycles. The maximum Gasteiger partial charge on any atom is 0.320 e. The van der Waals surface area contributed by atoms with Crippen molar-refractivity contribution in [3.8, 4) is 0 Å². The number of piperidine rings is 2. The van der Waals surface area contributed by atoms with E-state index in [9.17, 15) is 29.1 Å². The van der Waals surface area contributed by atoms with Crippen LogP contribution in [0, 0.1) is 0 Å². The lowest BCUT2D eigenvalue weighted by Crippen LogP contribution is -2.53. The van der Waals surface area contributed by atoms with Crippen LogP contribution in [0.4, 0.5) is 27.8 Å². The topological polar surface area (TPSA) is 206 Å². The summed E-state index contributed by atoms with van der Waals surface area (Å²) in [5, 5.41) is 19.9. The van der Waals surface area contributed by atoms with Crippen LogP contribution in [0.15, 0.2) is 48.7 Å². The number of carbonyl (C=O) groups excluding carboxylic acids is 5. The van der Waals surface area contributed by atoms with Gasteiger partial charge in [-0.3, -0.25) is 29.4 Å². The highest BCUT2D eigenvalue weighted by molar-refractivity contribution is 6.06. The number of nitrogens with one attached hydrogen (secondary N) is 3. The van der Waals surface area contributed by atoms with E-state index in [1.54, 1.807) is 29.3 Å². The zero-order valence-electron chi connectivity index (χ0n) is 28.2. The minimum Gasteiger partial charge on any atom is -0.384 e. The highest BCUT2D eigenvalue weighted by Gasteiger charge is 2.45. The van der Waals surface area contributed by atoms with Gasteiger partial charge in [-0.15, -0.1) is 0 Å². The van der Waals surface area contributed by atoms with Crippen molar-refractivity contribution < 1.29 is 29.1 Å². The first-order valence-electron chi connectivity index (χ1n) is 17.1. The first kappa shape index (κ1) is 33.7. The second kappa shape index (κ2) is 13.9. The van der Waals surface area contributed by atoms with E-state index in [0.29, 0.717) is 60.9 Å². The number of primary amides is 1. The van der Waals surface area contributed by atoms with Gasteiger partial charge in [-0.05, 0) is 55.5 Å². The number of hydrogen-bond acceptors (Lipinski definition) is 11. The molecule has 1 aromatic heterocycles. The number of fused-ring (bicyclic) bond motifs is 1. The van der Waals surface area contributed by atoms with Crippen LogP contribution in [0.3, 0.4) is 0 Å². The molecule has 2 unspecified atom stereocenters. The Kier molecular flexibility index (Phi) is 9.16. The molecule has 2 aromatic carbocycles. The van der Waals surface area contributed by atoms with Gasteiger partial charge in [0.15, 0.2) is 17.7 Å². The fourth-order valence-corrected chi connectivity index (χ4v) is 7.29. The number of rotatable bonds is 10. The molecule has 6 N–H and O–H groups in total. The summed E-state index contributed by atoms with van der Waals surface area (Å²) in [6.45, 7) is 3.26. The second-order valence-electron chi connectivity index (χ2n) is 13.2. The number of nitrogens with two attached hydrogens (primary N) is 1. The van der Waals surface area contributed by atoms with E-state index < -0.39 is 35.9 Å². The number of aromatic nitrogens is 2. The van der Waals surface area contributed by atoms with E-state index in [4.69, 9.17) is 10.7 Å². The third kappa shape index (κ3) is 6.61. The lowest BCUT2D eigenvalue weighted by atomic mass is 10.0. The number of urea groups is 1. The molecule has 3 fully saturated rings. The molecule has 266 valence electrons. The highest BCUT2D eigenvalue weighted by Crippen LogP contribution is 2.39. The molecule has 0 saturated carbocycles. The molecule has 3 saturated heterocycles. The fourth-order valence-electron chi connectivity index (χ4n) is 7.29. The minimum atomic E-state index is -1.33. The molecule has 16 nitrogen and oxygen atoms in total. The number of anilines is 4. The maximum atomic E-state index is 13.2. The molecule has 16 heteroatoms. The third-order valence-corrected chi connectivity index (χ3v) is 9.99. The Morgan fingerprint density at radius 3 is 2.59 bits per heavy atom. The Morgan fingerprint density at radius 1 is 1.06 bits per heavy atom. The van der Waals surface area contributed by atoms with Gasteiger partial charge in [0.1, 0.15) is 11.9 Å². The molecule has 3 atom stereocenters. The second-order valence-corrected chi connectivity index (χ2v) is 13.2. The van der Waals surface area contributed by atoms with E-state index in [0.717, 1.165) is 29.8 Å². The maximum absolute atomic E-state index is 13.2. The molecule has 7 rings (SSSR count). The normalized spacial score (nSPS) is 22.0. The minimum absolute atomic E-state index is 0.0177. The summed E-state index contributed by atoms with van der Waals surface area (Å²) < 4.78 is 0. The van der Waals surface area contributed by atoms with E-state index >= 15 is 0 Å². The smallest absolute Gasteiger partial charge is 0.320 e. The quantitative estimate of drug-likeness (QED) is 0.192. The number of imide groups is 1.